The standard InChI is InChI=1S/C20H27N3O3S/c1-13(2)23-27(25,26)18-10-8-17(9-11-18)22-20(24)16(5)21-19-12-14(3)6-7-15(19)4/h6-13,16,21,23H,1-5H3,(H,22,24)/t16-/m0/s1. The summed E-state index contributed by atoms with van der Waals surface area (Å²) in [6.07, 6.45) is 0. The van der Waals surface area contributed by atoms with Gasteiger partial charge in [-0.25, -0.2) is 13.1 Å². The number of aryl methyl sites for hydroxylation is 2. The smallest absolute Gasteiger partial charge is 0.246 e. The fourth-order valence-electron chi connectivity index (χ4n) is 2.54. The van der Waals surface area contributed by atoms with Gasteiger partial charge in [0, 0.05) is 17.4 Å². The van der Waals surface area contributed by atoms with Crippen molar-refractivity contribution in [2.24, 2.45) is 0 Å². The van der Waals surface area contributed by atoms with Crippen molar-refractivity contribution < 1.29 is 13.2 Å². The van der Waals surface area contributed by atoms with Gasteiger partial charge in [-0.1, -0.05) is 12.1 Å². The SMILES string of the molecule is Cc1ccc(C)c(N[C@@H](C)C(=O)Nc2ccc(S(=O)(=O)NC(C)C)cc2)c1. The Balaban J connectivity index is 2.04. The van der Waals surface area contributed by atoms with Gasteiger partial charge >= 0.3 is 0 Å². The molecule has 2 rings (SSSR count). The molecule has 1 amide bonds. The molecule has 1 atom stereocenters. The molecule has 27 heavy (non-hydrogen) atoms. The van der Waals surface area contributed by atoms with Crippen LogP contribution < -0.4 is 15.4 Å². The zero-order valence-electron chi connectivity index (χ0n) is 16.3. The van der Waals surface area contributed by atoms with E-state index in [9.17, 15) is 13.2 Å². The number of amides is 1. The average Bonchev–Trinajstić information content (AvgIpc) is 2.57. The predicted molar refractivity (Wildman–Crippen MR) is 110 cm³/mol. The van der Waals surface area contributed by atoms with E-state index in [4.69, 9.17) is 0 Å². The van der Waals surface area contributed by atoms with Crippen LogP contribution in [0.5, 0.6) is 0 Å². The van der Waals surface area contributed by atoms with E-state index in [1.165, 1.54) is 12.1 Å². The molecule has 6 nitrogen and oxygen atoms in total. The summed E-state index contributed by atoms with van der Waals surface area (Å²) in [7, 11) is -3.55. The van der Waals surface area contributed by atoms with E-state index in [1.807, 2.05) is 32.0 Å². The lowest BCUT2D eigenvalue weighted by Crippen LogP contribution is -2.32. The summed E-state index contributed by atoms with van der Waals surface area (Å²) in [5.41, 5.74) is 3.63. The van der Waals surface area contributed by atoms with Crippen molar-refractivity contribution in [3.05, 3.63) is 53.6 Å². The van der Waals surface area contributed by atoms with Gasteiger partial charge in [-0.3, -0.25) is 4.79 Å². The normalized spacial score (nSPS) is 12.7. The Kier molecular flexibility index (Phi) is 6.62. The molecule has 0 spiro atoms. The first kappa shape index (κ1) is 20.9. The van der Waals surface area contributed by atoms with Crippen molar-refractivity contribution in [2.45, 2.75) is 51.6 Å². The molecular formula is C20H27N3O3S. The number of nitrogens with one attached hydrogen (secondary N) is 3. The molecule has 2 aromatic rings. The average molecular weight is 390 g/mol. The van der Waals surface area contributed by atoms with Crippen molar-refractivity contribution >= 4 is 27.3 Å². The summed E-state index contributed by atoms with van der Waals surface area (Å²) in [5.74, 6) is -0.202. The van der Waals surface area contributed by atoms with Gasteiger partial charge in [0.25, 0.3) is 0 Å². The molecule has 0 saturated carbocycles. The Morgan fingerprint density at radius 3 is 2.19 bits per heavy atom. The summed E-state index contributed by atoms with van der Waals surface area (Å²) in [5, 5.41) is 6.01. The number of hydrogen-bond donors (Lipinski definition) is 3. The topological polar surface area (TPSA) is 87.3 Å². The summed E-state index contributed by atoms with van der Waals surface area (Å²) in [4.78, 5) is 12.6. The highest BCUT2D eigenvalue weighted by Gasteiger charge is 2.17. The Hall–Kier alpha value is -2.38. The minimum absolute atomic E-state index is 0.163. The molecule has 0 bridgehead atoms. The highest BCUT2D eigenvalue weighted by atomic mass is 32.2. The van der Waals surface area contributed by atoms with Crippen molar-refractivity contribution in [1.29, 1.82) is 0 Å². The zero-order chi connectivity index (χ0) is 20.2. The molecule has 0 fully saturated rings. The first-order chi connectivity index (χ1) is 12.6. The number of hydrogen-bond acceptors (Lipinski definition) is 4. The first-order valence-corrected chi connectivity index (χ1v) is 10.3. The molecule has 0 aliphatic carbocycles. The molecule has 0 saturated heterocycles. The van der Waals surface area contributed by atoms with Crippen LogP contribution >= 0.6 is 0 Å². The van der Waals surface area contributed by atoms with E-state index in [0.717, 1.165) is 16.8 Å². The van der Waals surface area contributed by atoms with Crippen LogP contribution in [0.1, 0.15) is 31.9 Å². The van der Waals surface area contributed by atoms with E-state index < -0.39 is 16.1 Å². The van der Waals surface area contributed by atoms with Gasteiger partial charge in [0.1, 0.15) is 6.04 Å². The number of anilines is 2. The fourth-order valence-corrected chi connectivity index (χ4v) is 3.79. The second-order valence-electron chi connectivity index (χ2n) is 6.97. The highest BCUT2D eigenvalue weighted by molar-refractivity contribution is 7.89. The molecule has 0 radical (unpaired) electrons. The lowest BCUT2D eigenvalue weighted by Gasteiger charge is -2.17. The molecule has 0 aromatic heterocycles. The second-order valence-corrected chi connectivity index (χ2v) is 8.69. The molecule has 3 N–H and O–H groups in total. The fraction of sp³-hybridized carbons (Fsp3) is 0.350. The minimum Gasteiger partial charge on any atom is -0.374 e. The van der Waals surface area contributed by atoms with E-state index in [1.54, 1.807) is 32.9 Å². The second kappa shape index (κ2) is 8.54. The number of carbonyl (C=O) groups excluding carboxylic acids is 1. The molecule has 7 heteroatoms. The van der Waals surface area contributed by atoms with Gasteiger partial charge in [0.05, 0.1) is 4.90 Å². The number of sulfonamides is 1. The Morgan fingerprint density at radius 2 is 1.59 bits per heavy atom. The maximum Gasteiger partial charge on any atom is 0.246 e. The monoisotopic (exact) mass is 389 g/mol. The molecule has 0 aliphatic rings. The van der Waals surface area contributed by atoms with E-state index in [0.29, 0.717) is 5.69 Å². The molecule has 0 aliphatic heterocycles. The van der Waals surface area contributed by atoms with Crippen molar-refractivity contribution in [1.82, 2.24) is 4.72 Å². The third kappa shape index (κ3) is 5.80. The molecule has 0 unspecified atom stereocenters. The minimum atomic E-state index is -3.55. The Bertz CT molecular complexity index is 907. The molecule has 146 valence electrons. The van der Waals surface area contributed by atoms with Crippen LogP contribution in [0.4, 0.5) is 11.4 Å². The van der Waals surface area contributed by atoms with Crippen LogP contribution in [0.3, 0.4) is 0 Å². The van der Waals surface area contributed by atoms with Crippen LogP contribution in [0.25, 0.3) is 0 Å². The van der Waals surface area contributed by atoms with Crippen LogP contribution in [0, 0.1) is 13.8 Å². The van der Waals surface area contributed by atoms with Crippen LogP contribution in [0.2, 0.25) is 0 Å². The molecule has 0 heterocycles. The highest BCUT2D eigenvalue weighted by Crippen LogP contribution is 2.18. The van der Waals surface area contributed by atoms with Gasteiger partial charge in [-0.15, -0.1) is 0 Å². The molecule has 2 aromatic carbocycles. The number of carbonyl (C=O) groups is 1. The zero-order valence-corrected chi connectivity index (χ0v) is 17.1. The quantitative estimate of drug-likeness (QED) is 0.677. The van der Waals surface area contributed by atoms with Crippen molar-refractivity contribution in [2.75, 3.05) is 10.6 Å². The van der Waals surface area contributed by atoms with E-state index >= 15 is 0 Å². The van der Waals surface area contributed by atoms with Crippen LogP contribution in [-0.4, -0.2) is 26.4 Å². The maximum atomic E-state index is 12.4. The van der Waals surface area contributed by atoms with Gasteiger partial charge in [0.15, 0.2) is 0 Å². The summed E-state index contributed by atoms with van der Waals surface area (Å²) in [6.45, 7) is 9.28. The van der Waals surface area contributed by atoms with Crippen molar-refractivity contribution in [3.8, 4) is 0 Å². The Labute approximate surface area is 161 Å². The summed E-state index contributed by atoms with van der Waals surface area (Å²) >= 11 is 0. The summed E-state index contributed by atoms with van der Waals surface area (Å²) < 4.78 is 26.8. The van der Waals surface area contributed by atoms with Crippen LogP contribution in [-0.2, 0) is 14.8 Å². The third-order valence-electron chi connectivity index (χ3n) is 3.98. The first-order valence-electron chi connectivity index (χ1n) is 8.85. The van der Waals surface area contributed by atoms with E-state index in [-0.39, 0.29) is 16.8 Å². The summed E-state index contributed by atoms with van der Waals surface area (Å²) in [6, 6.07) is 11.5. The van der Waals surface area contributed by atoms with Gasteiger partial charge in [0.2, 0.25) is 15.9 Å². The van der Waals surface area contributed by atoms with Gasteiger partial charge in [-0.05, 0) is 76.1 Å². The van der Waals surface area contributed by atoms with Gasteiger partial charge < -0.3 is 10.6 Å². The van der Waals surface area contributed by atoms with Crippen LogP contribution in [0.15, 0.2) is 47.4 Å². The van der Waals surface area contributed by atoms with Gasteiger partial charge in [-0.2, -0.15) is 0 Å². The maximum absolute atomic E-state index is 12.4. The lowest BCUT2D eigenvalue weighted by atomic mass is 10.1. The largest absolute Gasteiger partial charge is 0.374 e. The number of benzene rings is 2. The van der Waals surface area contributed by atoms with E-state index in [2.05, 4.69) is 15.4 Å². The predicted octanol–water partition coefficient (Wildman–Crippen LogP) is 3.43. The third-order valence-corrected chi connectivity index (χ3v) is 5.66. The number of rotatable bonds is 7. The van der Waals surface area contributed by atoms with Crippen molar-refractivity contribution in [3.63, 3.8) is 0 Å². The molecular weight excluding hydrogens is 362 g/mol. The Morgan fingerprint density at radius 1 is 0.963 bits per heavy atom. The lowest BCUT2D eigenvalue weighted by molar-refractivity contribution is -0.116.